The Kier molecular flexibility index (Phi) is 5.81. The van der Waals surface area contributed by atoms with Gasteiger partial charge in [0.25, 0.3) is 0 Å². The minimum absolute atomic E-state index is 0.0491. The Morgan fingerprint density at radius 3 is 2.10 bits per heavy atom. The van der Waals surface area contributed by atoms with E-state index in [4.69, 9.17) is 9.47 Å². The molecule has 0 saturated carbocycles. The topological polar surface area (TPSA) is 52.6 Å². The zero-order valence-electron chi connectivity index (χ0n) is 12.2. The molecule has 0 heterocycles. The van der Waals surface area contributed by atoms with Crippen LogP contribution in [0.5, 0.6) is 5.75 Å². The molecule has 116 valence electrons. The van der Waals surface area contributed by atoms with Gasteiger partial charge in [-0.3, -0.25) is 9.59 Å². The molecule has 0 aliphatic rings. The molecular weight excluding hydrogens is 282 g/mol. The maximum absolute atomic E-state index is 13.0. The van der Waals surface area contributed by atoms with Crippen molar-refractivity contribution in [1.82, 2.24) is 0 Å². The Balaban J connectivity index is 2.61. The van der Waals surface area contributed by atoms with Crippen molar-refractivity contribution in [2.45, 2.75) is 33.6 Å². The molecule has 1 aromatic carbocycles. The van der Waals surface area contributed by atoms with E-state index in [-0.39, 0.29) is 25.2 Å². The minimum atomic E-state index is -0.830. The first-order valence-electron chi connectivity index (χ1n) is 6.54. The van der Waals surface area contributed by atoms with Crippen molar-refractivity contribution < 1.29 is 27.8 Å². The Morgan fingerprint density at radius 2 is 1.57 bits per heavy atom. The van der Waals surface area contributed by atoms with E-state index in [1.54, 1.807) is 20.8 Å². The molecule has 0 aromatic heterocycles. The van der Waals surface area contributed by atoms with Crippen LogP contribution in [0.1, 0.15) is 33.6 Å². The quantitative estimate of drug-likeness (QED) is 0.598. The summed E-state index contributed by atoms with van der Waals surface area (Å²) >= 11 is 0. The fraction of sp³-hybridized carbons (Fsp3) is 0.467. The normalized spacial score (nSPS) is 11.1. The molecule has 0 bridgehead atoms. The lowest BCUT2D eigenvalue weighted by atomic mass is 9.86. The van der Waals surface area contributed by atoms with Crippen LogP contribution in [0.2, 0.25) is 0 Å². The fourth-order valence-corrected chi connectivity index (χ4v) is 1.81. The molecule has 0 saturated heterocycles. The zero-order valence-corrected chi connectivity index (χ0v) is 12.2. The number of rotatable bonds is 6. The van der Waals surface area contributed by atoms with E-state index in [1.807, 2.05) is 0 Å². The van der Waals surface area contributed by atoms with E-state index >= 15 is 0 Å². The molecule has 0 radical (unpaired) electrons. The van der Waals surface area contributed by atoms with Crippen LogP contribution < -0.4 is 4.74 Å². The summed E-state index contributed by atoms with van der Waals surface area (Å²) in [6, 6.07) is 2.51. The van der Waals surface area contributed by atoms with E-state index in [1.165, 1.54) is 0 Å². The standard InChI is InChI=1S/C15H18F2O4/c1-4-20-13(18)8-15(2,3)9-14(19)21-12-6-10(16)5-11(17)7-12/h5-7H,4,8-9H2,1-3H3. The Labute approximate surface area is 122 Å². The zero-order chi connectivity index (χ0) is 16.0. The number of halogens is 2. The molecule has 1 rings (SSSR count). The van der Waals surface area contributed by atoms with Crippen LogP contribution in [0.4, 0.5) is 8.78 Å². The third-order valence-electron chi connectivity index (χ3n) is 2.62. The molecule has 0 unspecified atom stereocenters. The molecule has 0 aliphatic carbocycles. The summed E-state index contributed by atoms with van der Waals surface area (Å²) in [6.45, 7) is 5.37. The monoisotopic (exact) mass is 300 g/mol. The first kappa shape index (κ1) is 17.1. The Bertz CT molecular complexity index is 506. The van der Waals surface area contributed by atoms with Gasteiger partial charge in [0.05, 0.1) is 19.4 Å². The van der Waals surface area contributed by atoms with Gasteiger partial charge >= 0.3 is 11.9 Å². The van der Waals surface area contributed by atoms with Gasteiger partial charge in [-0.2, -0.15) is 0 Å². The molecule has 0 amide bonds. The van der Waals surface area contributed by atoms with Crippen LogP contribution >= 0.6 is 0 Å². The molecule has 4 nitrogen and oxygen atoms in total. The molecule has 0 aliphatic heterocycles. The van der Waals surface area contributed by atoms with Crippen LogP contribution in [0.3, 0.4) is 0 Å². The summed E-state index contributed by atoms with van der Waals surface area (Å²) in [4.78, 5) is 23.2. The highest BCUT2D eigenvalue weighted by Gasteiger charge is 2.27. The van der Waals surface area contributed by atoms with Crippen LogP contribution in [-0.2, 0) is 14.3 Å². The highest BCUT2D eigenvalue weighted by molar-refractivity contribution is 5.75. The van der Waals surface area contributed by atoms with E-state index in [2.05, 4.69) is 0 Å². The number of esters is 2. The lowest BCUT2D eigenvalue weighted by molar-refractivity contribution is -0.146. The van der Waals surface area contributed by atoms with Gasteiger partial charge in [-0.25, -0.2) is 8.78 Å². The second-order valence-corrected chi connectivity index (χ2v) is 5.40. The lowest BCUT2D eigenvalue weighted by Crippen LogP contribution is -2.24. The highest BCUT2D eigenvalue weighted by atomic mass is 19.1. The first-order chi connectivity index (χ1) is 9.71. The van der Waals surface area contributed by atoms with Crippen molar-refractivity contribution in [3.63, 3.8) is 0 Å². The largest absolute Gasteiger partial charge is 0.466 e. The average Bonchev–Trinajstić information content (AvgIpc) is 2.24. The molecule has 0 N–H and O–H groups in total. The van der Waals surface area contributed by atoms with Crippen molar-refractivity contribution in [3.8, 4) is 5.75 Å². The third-order valence-corrected chi connectivity index (χ3v) is 2.62. The predicted octanol–water partition coefficient (Wildman–Crippen LogP) is 3.24. The molecule has 0 spiro atoms. The maximum atomic E-state index is 13.0. The highest BCUT2D eigenvalue weighted by Crippen LogP contribution is 2.27. The van der Waals surface area contributed by atoms with Crippen LogP contribution in [0.25, 0.3) is 0 Å². The molecule has 0 atom stereocenters. The number of hydrogen-bond donors (Lipinski definition) is 0. The predicted molar refractivity (Wildman–Crippen MR) is 71.6 cm³/mol. The molecule has 6 heteroatoms. The lowest BCUT2D eigenvalue weighted by Gasteiger charge is -2.22. The number of hydrogen-bond acceptors (Lipinski definition) is 4. The molecule has 0 fully saturated rings. The van der Waals surface area contributed by atoms with Gasteiger partial charge in [0.1, 0.15) is 17.4 Å². The molecule has 1 aromatic rings. The Morgan fingerprint density at radius 1 is 1.05 bits per heavy atom. The van der Waals surface area contributed by atoms with Gasteiger partial charge in [-0.15, -0.1) is 0 Å². The summed E-state index contributed by atoms with van der Waals surface area (Å²) in [5.74, 6) is -2.95. The summed E-state index contributed by atoms with van der Waals surface area (Å²) in [7, 11) is 0. The van der Waals surface area contributed by atoms with Crippen molar-refractivity contribution in [2.75, 3.05) is 6.61 Å². The van der Waals surface area contributed by atoms with Crippen LogP contribution in [-0.4, -0.2) is 18.5 Å². The van der Waals surface area contributed by atoms with Gasteiger partial charge in [-0.1, -0.05) is 13.8 Å². The third kappa shape index (κ3) is 6.33. The van der Waals surface area contributed by atoms with Crippen LogP contribution in [0, 0.1) is 17.0 Å². The van der Waals surface area contributed by atoms with Gasteiger partial charge in [0.2, 0.25) is 0 Å². The second kappa shape index (κ2) is 7.15. The summed E-state index contributed by atoms with van der Waals surface area (Å²) in [5.41, 5.74) is -0.671. The van der Waals surface area contributed by atoms with E-state index < -0.39 is 29.0 Å². The van der Waals surface area contributed by atoms with Crippen molar-refractivity contribution in [2.24, 2.45) is 5.41 Å². The van der Waals surface area contributed by atoms with Gasteiger partial charge in [-0.05, 0) is 12.3 Å². The molecule has 21 heavy (non-hydrogen) atoms. The fourth-order valence-electron chi connectivity index (χ4n) is 1.81. The number of carbonyl (C=O) groups is 2. The average molecular weight is 300 g/mol. The summed E-state index contributed by atoms with van der Waals surface area (Å²) < 4.78 is 35.7. The van der Waals surface area contributed by atoms with Crippen molar-refractivity contribution >= 4 is 11.9 Å². The minimum Gasteiger partial charge on any atom is -0.466 e. The first-order valence-corrected chi connectivity index (χ1v) is 6.54. The number of benzene rings is 1. The second-order valence-electron chi connectivity index (χ2n) is 5.40. The Hall–Kier alpha value is -1.98. The smallest absolute Gasteiger partial charge is 0.311 e. The maximum Gasteiger partial charge on any atom is 0.311 e. The summed E-state index contributed by atoms with van der Waals surface area (Å²) in [6.07, 6.45) is -0.0304. The summed E-state index contributed by atoms with van der Waals surface area (Å²) in [5, 5.41) is 0. The van der Waals surface area contributed by atoms with Gasteiger partial charge in [0.15, 0.2) is 0 Å². The van der Waals surface area contributed by atoms with E-state index in [9.17, 15) is 18.4 Å². The SMILES string of the molecule is CCOC(=O)CC(C)(C)CC(=O)Oc1cc(F)cc(F)c1. The number of carbonyl (C=O) groups excluding carboxylic acids is 2. The van der Waals surface area contributed by atoms with Crippen molar-refractivity contribution in [1.29, 1.82) is 0 Å². The van der Waals surface area contributed by atoms with E-state index in [0.29, 0.717) is 6.07 Å². The van der Waals surface area contributed by atoms with Gasteiger partial charge in [0, 0.05) is 18.2 Å². The number of ether oxygens (including phenoxy) is 2. The van der Waals surface area contributed by atoms with Crippen molar-refractivity contribution in [3.05, 3.63) is 29.8 Å². The van der Waals surface area contributed by atoms with E-state index in [0.717, 1.165) is 12.1 Å². The molecular formula is C15H18F2O4. The van der Waals surface area contributed by atoms with Crippen LogP contribution in [0.15, 0.2) is 18.2 Å². The van der Waals surface area contributed by atoms with Gasteiger partial charge < -0.3 is 9.47 Å².